The van der Waals surface area contributed by atoms with Crippen molar-refractivity contribution in [3.05, 3.63) is 23.4 Å². The number of nitrogens with zero attached hydrogens (tertiary/aromatic N) is 2. The van der Waals surface area contributed by atoms with E-state index >= 15 is 0 Å². The molecule has 0 saturated carbocycles. The highest BCUT2D eigenvalue weighted by atomic mass is 19.3. The van der Waals surface area contributed by atoms with E-state index in [1.165, 1.54) is 4.90 Å². The third-order valence-corrected chi connectivity index (χ3v) is 1.80. The van der Waals surface area contributed by atoms with Crippen LogP contribution in [0.3, 0.4) is 0 Å². The maximum atomic E-state index is 12.6. The maximum absolute atomic E-state index is 12.6. The zero-order valence-corrected chi connectivity index (χ0v) is 8.24. The zero-order valence-electron chi connectivity index (χ0n) is 8.24. The van der Waals surface area contributed by atoms with Gasteiger partial charge in [0.2, 0.25) is 0 Å². The Morgan fingerprint density at radius 1 is 1.53 bits per heavy atom. The number of rotatable bonds is 3. The second kappa shape index (κ2) is 4.20. The van der Waals surface area contributed by atoms with Crippen molar-refractivity contribution in [3.63, 3.8) is 0 Å². The van der Waals surface area contributed by atoms with Crippen molar-refractivity contribution in [1.29, 1.82) is 0 Å². The van der Waals surface area contributed by atoms with Gasteiger partial charge in [-0.05, 0) is 6.07 Å². The molecule has 4 nitrogen and oxygen atoms in total. The van der Waals surface area contributed by atoms with Crippen molar-refractivity contribution < 1.29 is 18.7 Å². The van der Waals surface area contributed by atoms with Crippen molar-refractivity contribution in [2.45, 2.75) is 6.43 Å². The second-order valence-electron chi connectivity index (χ2n) is 3.14. The van der Waals surface area contributed by atoms with Gasteiger partial charge in [0.25, 0.3) is 6.43 Å². The van der Waals surface area contributed by atoms with Crippen molar-refractivity contribution in [3.8, 4) is 0 Å². The molecule has 1 aromatic heterocycles. The Kier molecular flexibility index (Phi) is 3.18. The molecule has 0 unspecified atom stereocenters. The lowest BCUT2D eigenvalue weighted by atomic mass is 10.2. The van der Waals surface area contributed by atoms with E-state index in [9.17, 15) is 13.6 Å². The molecule has 6 heteroatoms. The van der Waals surface area contributed by atoms with E-state index in [2.05, 4.69) is 4.98 Å². The topological polar surface area (TPSA) is 53.4 Å². The number of aromatic nitrogens is 1. The van der Waals surface area contributed by atoms with Crippen LogP contribution in [0.5, 0.6) is 0 Å². The van der Waals surface area contributed by atoms with E-state index in [-0.39, 0.29) is 16.9 Å². The minimum Gasteiger partial charge on any atom is -0.478 e. The smallest absolute Gasteiger partial charge is 0.337 e. The van der Waals surface area contributed by atoms with Crippen LogP contribution in [0.15, 0.2) is 12.3 Å². The molecule has 1 rings (SSSR count). The first-order valence-electron chi connectivity index (χ1n) is 4.12. The van der Waals surface area contributed by atoms with Crippen molar-refractivity contribution >= 4 is 11.8 Å². The summed E-state index contributed by atoms with van der Waals surface area (Å²) >= 11 is 0. The molecule has 0 radical (unpaired) electrons. The van der Waals surface area contributed by atoms with Gasteiger partial charge < -0.3 is 10.0 Å². The van der Waals surface area contributed by atoms with Crippen LogP contribution in [-0.2, 0) is 0 Å². The molecule has 0 spiro atoms. The predicted molar refractivity (Wildman–Crippen MR) is 50.5 cm³/mol. The molecule has 0 aliphatic carbocycles. The Balaban J connectivity index is 3.27. The van der Waals surface area contributed by atoms with Gasteiger partial charge in [0.15, 0.2) is 0 Å². The van der Waals surface area contributed by atoms with E-state index in [0.717, 1.165) is 12.3 Å². The summed E-state index contributed by atoms with van der Waals surface area (Å²) in [6.07, 6.45) is -1.68. The fraction of sp³-hybridized carbons (Fsp3) is 0.333. The fourth-order valence-electron chi connectivity index (χ4n) is 1.13. The maximum Gasteiger partial charge on any atom is 0.337 e. The summed E-state index contributed by atoms with van der Waals surface area (Å²) in [5.41, 5.74) is -0.615. The number of carboxylic acid groups (broad SMARTS) is 1. The highest BCUT2D eigenvalue weighted by Crippen LogP contribution is 2.27. The lowest BCUT2D eigenvalue weighted by molar-refractivity contribution is 0.0696. The van der Waals surface area contributed by atoms with Gasteiger partial charge in [0, 0.05) is 20.3 Å². The average molecular weight is 216 g/mol. The van der Waals surface area contributed by atoms with Crippen molar-refractivity contribution in [2.75, 3.05) is 19.0 Å². The predicted octanol–water partition coefficient (Wildman–Crippen LogP) is 1.78. The Hall–Kier alpha value is -1.72. The largest absolute Gasteiger partial charge is 0.478 e. The normalized spacial score (nSPS) is 10.5. The highest BCUT2D eigenvalue weighted by molar-refractivity contribution is 5.87. The summed E-state index contributed by atoms with van der Waals surface area (Å²) in [4.78, 5) is 15.7. The lowest BCUT2D eigenvalue weighted by Crippen LogP contribution is -2.14. The minimum atomic E-state index is -2.74. The molecule has 82 valence electrons. The lowest BCUT2D eigenvalue weighted by Gasteiger charge is -2.15. The van der Waals surface area contributed by atoms with Crippen LogP contribution in [0.2, 0.25) is 0 Å². The molecule has 0 aliphatic heterocycles. The van der Waals surface area contributed by atoms with Crippen molar-refractivity contribution in [2.24, 2.45) is 0 Å². The molecule has 0 aliphatic rings. The molecule has 0 atom stereocenters. The molecule has 0 saturated heterocycles. The third-order valence-electron chi connectivity index (χ3n) is 1.80. The van der Waals surface area contributed by atoms with Crippen molar-refractivity contribution in [1.82, 2.24) is 4.98 Å². The van der Waals surface area contributed by atoms with E-state index in [1.54, 1.807) is 14.1 Å². The molecule has 1 N–H and O–H groups in total. The molecule has 0 amide bonds. The first kappa shape index (κ1) is 11.4. The van der Waals surface area contributed by atoms with E-state index in [0.29, 0.717) is 0 Å². The van der Waals surface area contributed by atoms with Gasteiger partial charge in [0.1, 0.15) is 5.82 Å². The Bertz CT molecular complexity index is 380. The number of anilines is 1. The molecule has 0 aromatic carbocycles. The van der Waals surface area contributed by atoms with E-state index in [4.69, 9.17) is 5.11 Å². The average Bonchev–Trinajstić information content (AvgIpc) is 2.16. The monoisotopic (exact) mass is 216 g/mol. The van der Waals surface area contributed by atoms with Gasteiger partial charge in [-0.1, -0.05) is 0 Å². The van der Waals surface area contributed by atoms with Gasteiger partial charge in [-0.25, -0.2) is 18.6 Å². The van der Waals surface area contributed by atoms with Gasteiger partial charge in [-0.3, -0.25) is 0 Å². The standard InChI is InChI=1S/C9H10F2N2O2/c1-13(2)8-6(7(10)11)3-5(4-12-8)9(14)15/h3-4,7H,1-2H3,(H,14,15). The first-order valence-corrected chi connectivity index (χ1v) is 4.12. The number of halogens is 2. The SMILES string of the molecule is CN(C)c1ncc(C(=O)O)cc1C(F)F. The van der Waals surface area contributed by atoms with E-state index in [1.807, 2.05) is 0 Å². The van der Waals surface area contributed by atoms with Crippen LogP contribution in [-0.4, -0.2) is 30.2 Å². The first-order chi connectivity index (χ1) is 6.93. The molecule has 1 aromatic rings. The summed E-state index contributed by atoms with van der Waals surface area (Å²) in [5, 5.41) is 8.62. The molecule has 1 heterocycles. The Labute approximate surface area is 85.2 Å². The van der Waals surface area contributed by atoms with Crippen LogP contribution in [0, 0.1) is 0 Å². The molecular weight excluding hydrogens is 206 g/mol. The number of hydrogen-bond donors (Lipinski definition) is 1. The van der Waals surface area contributed by atoms with E-state index < -0.39 is 12.4 Å². The van der Waals surface area contributed by atoms with Crippen LogP contribution in [0.25, 0.3) is 0 Å². The highest BCUT2D eigenvalue weighted by Gasteiger charge is 2.18. The fourth-order valence-corrected chi connectivity index (χ4v) is 1.13. The summed E-state index contributed by atoms with van der Waals surface area (Å²) in [6, 6.07) is 0.940. The van der Waals surface area contributed by atoms with Gasteiger partial charge >= 0.3 is 5.97 Å². The minimum absolute atomic E-state index is 0.0787. The van der Waals surface area contributed by atoms with Crippen LogP contribution in [0.4, 0.5) is 14.6 Å². The number of hydrogen-bond acceptors (Lipinski definition) is 3. The third kappa shape index (κ3) is 2.39. The van der Waals surface area contributed by atoms with Crippen LogP contribution in [0.1, 0.15) is 22.3 Å². The number of carboxylic acids is 1. The quantitative estimate of drug-likeness (QED) is 0.836. The van der Waals surface area contributed by atoms with Crippen LogP contribution < -0.4 is 4.90 Å². The number of pyridine rings is 1. The van der Waals surface area contributed by atoms with Gasteiger partial charge in [0.05, 0.1) is 11.1 Å². The molecule has 15 heavy (non-hydrogen) atoms. The van der Waals surface area contributed by atoms with Gasteiger partial charge in [-0.2, -0.15) is 0 Å². The number of carbonyl (C=O) groups is 1. The van der Waals surface area contributed by atoms with Crippen LogP contribution >= 0.6 is 0 Å². The Morgan fingerprint density at radius 3 is 2.53 bits per heavy atom. The number of alkyl halides is 2. The summed E-state index contributed by atoms with van der Waals surface area (Å²) in [7, 11) is 3.13. The zero-order chi connectivity index (χ0) is 11.6. The summed E-state index contributed by atoms with van der Waals surface area (Å²) < 4.78 is 25.1. The summed E-state index contributed by atoms with van der Waals surface area (Å²) in [5.74, 6) is -1.19. The molecular formula is C9H10F2N2O2. The summed E-state index contributed by atoms with van der Waals surface area (Å²) in [6.45, 7) is 0. The molecule has 0 bridgehead atoms. The second-order valence-corrected chi connectivity index (χ2v) is 3.14. The Morgan fingerprint density at radius 2 is 2.13 bits per heavy atom. The van der Waals surface area contributed by atoms with Gasteiger partial charge in [-0.15, -0.1) is 0 Å². The molecule has 0 fully saturated rings. The number of aromatic carboxylic acids is 1.